The minimum absolute atomic E-state index is 0.0927. The number of nitrogen functional groups attached to an aromatic ring is 1. The Balaban J connectivity index is 2.55. The van der Waals surface area contributed by atoms with Crippen molar-refractivity contribution in [1.82, 2.24) is 0 Å². The van der Waals surface area contributed by atoms with Crippen molar-refractivity contribution in [2.24, 2.45) is 5.73 Å². The summed E-state index contributed by atoms with van der Waals surface area (Å²) in [5.41, 5.74) is 13.6. The summed E-state index contributed by atoms with van der Waals surface area (Å²) in [4.78, 5) is 0. The van der Waals surface area contributed by atoms with E-state index in [0.29, 0.717) is 0 Å². The Bertz CT molecular complexity index is 274. The van der Waals surface area contributed by atoms with Gasteiger partial charge in [0.15, 0.2) is 0 Å². The molecule has 0 amide bonds. The molecule has 0 aromatic heterocycles. The fourth-order valence-corrected chi connectivity index (χ4v) is 1.22. The molecule has 0 aliphatic rings. The fraction of sp³-hybridized carbons (Fsp3) is 0.455. The highest BCUT2D eigenvalue weighted by Gasteiger charge is 2.09. The van der Waals surface area contributed by atoms with Crippen LogP contribution in [0.2, 0.25) is 0 Å². The van der Waals surface area contributed by atoms with Crippen molar-refractivity contribution in [3.63, 3.8) is 0 Å². The van der Waals surface area contributed by atoms with E-state index in [9.17, 15) is 0 Å². The first kappa shape index (κ1) is 10.1. The number of hydrogen-bond donors (Lipinski definition) is 2. The Morgan fingerprint density at radius 1 is 1.31 bits per heavy atom. The molecule has 0 spiro atoms. The Labute approximate surface area is 79.9 Å². The van der Waals surface area contributed by atoms with E-state index in [-0.39, 0.29) is 5.54 Å². The van der Waals surface area contributed by atoms with Crippen LogP contribution in [0.3, 0.4) is 0 Å². The van der Waals surface area contributed by atoms with Crippen LogP contribution in [-0.2, 0) is 6.42 Å². The van der Waals surface area contributed by atoms with Crippen LogP contribution < -0.4 is 11.5 Å². The van der Waals surface area contributed by atoms with Gasteiger partial charge in [0.05, 0.1) is 0 Å². The van der Waals surface area contributed by atoms with Crippen LogP contribution in [0.4, 0.5) is 5.69 Å². The summed E-state index contributed by atoms with van der Waals surface area (Å²) in [5, 5.41) is 0. The van der Waals surface area contributed by atoms with Crippen LogP contribution >= 0.6 is 0 Å². The van der Waals surface area contributed by atoms with Crippen molar-refractivity contribution in [2.45, 2.75) is 32.2 Å². The average molecular weight is 178 g/mol. The molecule has 1 aromatic carbocycles. The highest BCUT2D eigenvalue weighted by Crippen LogP contribution is 2.13. The topological polar surface area (TPSA) is 52.0 Å². The van der Waals surface area contributed by atoms with Gasteiger partial charge in [-0.25, -0.2) is 0 Å². The second-order valence-electron chi connectivity index (χ2n) is 4.23. The van der Waals surface area contributed by atoms with Gasteiger partial charge in [0, 0.05) is 11.2 Å². The van der Waals surface area contributed by atoms with Crippen molar-refractivity contribution in [3.05, 3.63) is 29.8 Å². The lowest BCUT2D eigenvalue weighted by atomic mass is 9.96. The van der Waals surface area contributed by atoms with Crippen molar-refractivity contribution in [3.8, 4) is 0 Å². The summed E-state index contributed by atoms with van der Waals surface area (Å²) < 4.78 is 0. The third-order valence-corrected chi connectivity index (χ3v) is 2.01. The van der Waals surface area contributed by atoms with Gasteiger partial charge in [-0.15, -0.1) is 0 Å². The van der Waals surface area contributed by atoms with Gasteiger partial charge in [-0.3, -0.25) is 0 Å². The Morgan fingerprint density at radius 2 is 2.00 bits per heavy atom. The number of anilines is 1. The molecule has 4 N–H and O–H groups in total. The summed E-state index contributed by atoms with van der Waals surface area (Å²) in [6.07, 6.45) is 1.98. The highest BCUT2D eigenvalue weighted by atomic mass is 14.7. The summed E-state index contributed by atoms with van der Waals surface area (Å²) in [5.74, 6) is 0. The summed E-state index contributed by atoms with van der Waals surface area (Å²) in [6.45, 7) is 4.08. The van der Waals surface area contributed by atoms with E-state index in [0.717, 1.165) is 18.5 Å². The molecule has 2 heteroatoms. The van der Waals surface area contributed by atoms with Crippen LogP contribution in [-0.4, -0.2) is 5.54 Å². The van der Waals surface area contributed by atoms with Crippen molar-refractivity contribution in [1.29, 1.82) is 0 Å². The maximum absolute atomic E-state index is 5.89. The lowest BCUT2D eigenvalue weighted by Crippen LogP contribution is -2.32. The van der Waals surface area contributed by atoms with E-state index in [2.05, 4.69) is 6.07 Å². The number of benzene rings is 1. The third kappa shape index (κ3) is 3.95. The molecule has 0 atom stereocenters. The molecule has 2 nitrogen and oxygen atoms in total. The largest absolute Gasteiger partial charge is 0.399 e. The van der Waals surface area contributed by atoms with Gasteiger partial charge in [-0.1, -0.05) is 12.1 Å². The van der Waals surface area contributed by atoms with Crippen LogP contribution in [0.15, 0.2) is 24.3 Å². The van der Waals surface area contributed by atoms with Crippen LogP contribution in [0.25, 0.3) is 0 Å². The van der Waals surface area contributed by atoms with E-state index in [4.69, 9.17) is 11.5 Å². The zero-order chi connectivity index (χ0) is 9.90. The van der Waals surface area contributed by atoms with Crippen LogP contribution in [0.1, 0.15) is 25.8 Å². The quantitative estimate of drug-likeness (QED) is 0.695. The fourth-order valence-electron chi connectivity index (χ4n) is 1.22. The molecule has 0 radical (unpaired) electrons. The first-order valence-corrected chi connectivity index (χ1v) is 4.61. The first-order chi connectivity index (χ1) is 5.97. The standard InChI is InChI=1S/C11H18N2/c1-11(2,13)7-6-9-4-3-5-10(12)8-9/h3-5,8H,6-7,12-13H2,1-2H3. The smallest absolute Gasteiger partial charge is 0.0316 e. The van der Waals surface area contributed by atoms with Crippen molar-refractivity contribution in [2.75, 3.05) is 5.73 Å². The van der Waals surface area contributed by atoms with E-state index in [1.807, 2.05) is 32.0 Å². The molecular weight excluding hydrogens is 160 g/mol. The zero-order valence-corrected chi connectivity index (χ0v) is 8.38. The summed E-state index contributed by atoms with van der Waals surface area (Å²) in [7, 11) is 0. The molecule has 0 bridgehead atoms. The number of rotatable bonds is 3. The molecule has 72 valence electrons. The molecule has 0 aliphatic carbocycles. The van der Waals surface area contributed by atoms with Gasteiger partial charge < -0.3 is 11.5 Å². The molecule has 1 aromatic rings. The molecule has 0 saturated carbocycles. The second kappa shape index (κ2) is 3.79. The van der Waals surface area contributed by atoms with Gasteiger partial charge in [-0.05, 0) is 44.4 Å². The van der Waals surface area contributed by atoms with Gasteiger partial charge in [0.2, 0.25) is 0 Å². The molecular formula is C11H18N2. The number of hydrogen-bond acceptors (Lipinski definition) is 2. The van der Waals surface area contributed by atoms with Gasteiger partial charge >= 0.3 is 0 Å². The molecule has 0 saturated heterocycles. The van der Waals surface area contributed by atoms with E-state index in [1.165, 1.54) is 5.56 Å². The Hall–Kier alpha value is -1.02. The van der Waals surface area contributed by atoms with Crippen LogP contribution in [0.5, 0.6) is 0 Å². The lowest BCUT2D eigenvalue weighted by Gasteiger charge is -2.17. The highest BCUT2D eigenvalue weighted by molar-refractivity contribution is 5.40. The normalized spacial score (nSPS) is 11.6. The van der Waals surface area contributed by atoms with Crippen molar-refractivity contribution < 1.29 is 0 Å². The number of aryl methyl sites for hydroxylation is 1. The predicted octanol–water partition coefficient (Wildman–Crippen LogP) is 1.94. The van der Waals surface area contributed by atoms with Crippen molar-refractivity contribution >= 4 is 5.69 Å². The second-order valence-corrected chi connectivity index (χ2v) is 4.23. The number of nitrogens with two attached hydrogens (primary N) is 2. The van der Waals surface area contributed by atoms with Crippen LogP contribution in [0, 0.1) is 0 Å². The maximum atomic E-state index is 5.89. The summed E-state index contributed by atoms with van der Waals surface area (Å²) in [6, 6.07) is 7.97. The van der Waals surface area contributed by atoms with Gasteiger partial charge in [-0.2, -0.15) is 0 Å². The molecule has 1 rings (SSSR count). The maximum Gasteiger partial charge on any atom is 0.0316 e. The van der Waals surface area contributed by atoms with Gasteiger partial charge in [0.25, 0.3) is 0 Å². The molecule has 0 heterocycles. The van der Waals surface area contributed by atoms with Gasteiger partial charge in [0.1, 0.15) is 0 Å². The van der Waals surface area contributed by atoms with E-state index < -0.39 is 0 Å². The Kier molecular flexibility index (Phi) is 2.94. The Morgan fingerprint density at radius 3 is 2.54 bits per heavy atom. The SMILES string of the molecule is CC(C)(N)CCc1cccc(N)c1. The monoisotopic (exact) mass is 178 g/mol. The predicted molar refractivity (Wildman–Crippen MR) is 57.4 cm³/mol. The third-order valence-electron chi connectivity index (χ3n) is 2.01. The van der Waals surface area contributed by atoms with E-state index >= 15 is 0 Å². The average Bonchev–Trinajstić information content (AvgIpc) is 2.00. The van der Waals surface area contributed by atoms with E-state index in [1.54, 1.807) is 0 Å². The minimum atomic E-state index is -0.0927. The first-order valence-electron chi connectivity index (χ1n) is 4.61. The molecule has 0 fully saturated rings. The molecule has 13 heavy (non-hydrogen) atoms. The zero-order valence-electron chi connectivity index (χ0n) is 8.38. The summed E-state index contributed by atoms with van der Waals surface area (Å²) >= 11 is 0. The molecule has 0 unspecified atom stereocenters. The minimum Gasteiger partial charge on any atom is -0.399 e. The molecule has 0 aliphatic heterocycles. The lowest BCUT2D eigenvalue weighted by molar-refractivity contribution is 0.477.